The molecule has 1 saturated heterocycles. The fraction of sp³-hybridized carbons (Fsp3) is 0.562. The Bertz CT molecular complexity index is 799. The standard InChI is InChI=1S/C16H17ClN2O2S/c1-9-14(5-4-12(7-18)15(9)17)19-8-13-10-2-3-11(6-10)16(13)22(19,20)21/h4-5,10-11,13,16H,2-3,6,8H2,1H3/t10-,11+,13-,16+/m0/s1. The molecule has 0 N–H and O–H groups in total. The van der Waals surface area contributed by atoms with Gasteiger partial charge in [-0.25, -0.2) is 8.42 Å². The average molecular weight is 337 g/mol. The Morgan fingerprint density at radius 1 is 1.32 bits per heavy atom. The number of nitrogens with zero attached hydrogens (tertiary/aromatic N) is 2. The van der Waals surface area contributed by atoms with Crippen LogP contribution < -0.4 is 4.31 Å². The average Bonchev–Trinajstić information content (AvgIpc) is 3.14. The molecule has 4 nitrogen and oxygen atoms in total. The second-order valence-corrected chi connectivity index (χ2v) is 9.11. The molecule has 0 spiro atoms. The normalized spacial score (nSPS) is 34.7. The topological polar surface area (TPSA) is 61.2 Å². The second-order valence-electron chi connectivity index (χ2n) is 6.72. The fourth-order valence-corrected chi connectivity index (χ4v) is 7.62. The number of nitriles is 1. The van der Waals surface area contributed by atoms with E-state index in [-0.39, 0.29) is 11.2 Å². The summed E-state index contributed by atoms with van der Waals surface area (Å²) in [4.78, 5) is 0. The Morgan fingerprint density at radius 3 is 2.73 bits per heavy atom. The molecule has 2 saturated carbocycles. The van der Waals surface area contributed by atoms with E-state index in [4.69, 9.17) is 16.9 Å². The Hall–Kier alpha value is -1.25. The zero-order valence-corrected chi connectivity index (χ0v) is 13.9. The molecule has 116 valence electrons. The fourth-order valence-electron chi connectivity index (χ4n) is 4.78. The van der Waals surface area contributed by atoms with E-state index in [1.807, 2.05) is 6.07 Å². The van der Waals surface area contributed by atoms with E-state index in [2.05, 4.69) is 0 Å². The van der Waals surface area contributed by atoms with Crippen LogP contribution in [0.4, 0.5) is 5.69 Å². The van der Waals surface area contributed by atoms with Crippen LogP contribution in [0.2, 0.25) is 5.02 Å². The molecule has 6 heteroatoms. The van der Waals surface area contributed by atoms with E-state index in [9.17, 15) is 8.42 Å². The minimum Gasteiger partial charge on any atom is -0.269 e. The molecule has 0 amide bonds. The van der Waals surface area contributed by atoms with E-state index in [1.54, 1.807) is 23.4 Å². The maximum absolute atomic E-state index is 13.0. The molecule has 2 aliphatic carbocycles. The predicted octanol–water partition coefficient (Wildman–Crippen LogP) is 3.08. The first-order valence-corrected chi connectivity index (χ1v) is 9.54. The molecular weight excluding hydrogens is 320 g/mol. The smallest absolute Gasteiger partial charge is 0.238 e. The Balaban J connectivity index is 1.79. The summed E-state index contributed by atoms with van der Waals surface area (Å²) in [7, 11) is -3.32. The van der Waals surface area contributed by atoms with Crippen molar-refractivity contribution in [2.75, 3.05) is 10.8 Å². The minimum atomic E-state index is -3.32. The molecular formula is C16H17ClN2O2S. The number of halogens is 1. The second kappa shape index (κ2) is 4.62. The van der Waals surface area contributed by atoms with E-state index < -0.39 is 10.0 Å². The van der Waals surface area contributed by atoms with Gasteiger partial charge in [0.05, 0.1) is 21.5 Å². The summed E-state index contributed by atoms with van der Waals surface area (Å²) >= 11 is 6.22. The van der Waals surface area contributed by atoms with Gasteiger partial charge in [-0.1, -0.05) is 11.6 Å². The molecule has 3 aliphatic rings. The molecule has 3 fully saturated rings. The lowest BCUT2D eigenvalue weighted by atomic mass is 9.88. The van der Waals surface area contributed by atoms with Crippen LogP contribution in [0.1, 0.15) is 30.4 Å². The van der Waals surface area contributed by atoms with Crippen molar-refractivity contribution in [2.24, 2.45) is 17.8 Å². The summed E-state index contributed by atoms with van der Waals surface area (Å²) in [5.74, 6) is 1.15. The lowest BCUT2D eigenvalue weighted by Crippen LogP contribution is -2.33. The molecule has 0 radical (unpaired) electrons. The van der Waals surface area contributed by atoms with E-state index >= 15 is 0 Å². The highest BCUT2D eigenvalue weighted by atomic mass is 35.5. The van der Waals surface area contributed by atoms with Crippen LogP contribution in [-0.4, -0.2) is 20.2 Å². The molecule has 2 bridgehead atoms. The van der Waals surface area contributed by atoms with Crippen molar-refractivity contribution in [3.8, 4) is 6.07 Å². The zero-order valence-electron chi connectivity index (χ0n) is 12.3. The van der Waals surface area contributed by atoms with Crippen molar-refractivity contribution in [1.82, 2.24) is 0 Å². The van der Waals surface area contributed by atoms with Crippen molar-refractivity contribution in [3.63, 3.8) is 0 Å². The van der Waals surface area contributed by atoms with Gasteiger partial charge >= 0.3 is 0 Å². The van der Waals surface area contributed by atoms with Crippen molar-refractivity contribution >= 4 is 27.3 Å². The van der Waals surface area contributed by atoms with Gasteiger partial charge in [-0.2, -0.15) is 5.26 Å². The van der Waals surface area contributed by atoms with Gasteiger partial charge in [-0.05, 0) is 61.6 Å². The predicted molar refractivity (Wildman–Crippen MR) is 85.3 cm³/mol. The molecule has 22 heavy (non-hydrogen) atoms. The molecule has 1 aromatic rings. The number of rotatable bonds is 1. The Kier molecular flexibility index (Phi) is 3.02. The monoisotopic (exact) mass is 336 g/mol. The summed E-state index contributed by atoms with van der Waals surface area (Å²) in [6.07, 6.45) is 3.30. The van der Waals surface area contributed by atoms with Crippen molar-refractivity contribution in [3.05, 3.63) is 28.3 Å². The number of hydrogen-bond donors (Lipinski definition) is 0. The van der Waals surface area contributed by atoms with E-state index in [0.29, 0.717) is 40.2 Å². The van der Waals surface area contributed by atoms with Crippen LogP contribution in [0.3, 0.4) is 0 Å². The van der Waals surface area contributed by atoms with Crippen LogP contribution in [0, 0.1) is 36.0 Å². The van der Waals surface area contributed by atoms with Crippen molar-refractivity contribution in [1.29, 1.82) is 5.26 Å². The molecule has 1 aliphatic heterocycles. The zero-order chi connectivity index (χ0) is 15.6. The van der Waals surface area contributed by atoms with E-state index in [0.717, 1.165) is 12.8 Å². The van der Waals surface area contributed by atoms with Crippen LogP contribution in [0.5, 0.6) is 0 Å². The highest BCUT2D eigenvalue weighted by molar-refractivity contribution is 7.93. The van der Waals surface area contributed by atoms with E-state index in [1.165, 1.54) is 6.42 Å². The summed E-state index contributed by atoms with van der Waals surface area (Å²) < 4.78 is 27.6. The number of anilines is 1. The van der Waals surface area contributed by atoms with Gasteiger partial charge in [0.1, 0.15) is 6.07 Å². The van der Waals surface area contributed by atoms with Gasteiger partial charge in [0, 0.05) is 6.54 Å². The Morgan fingerprint density at radius 2 is 2.05 bits per heavy atom. The SMILES string of the molecule is Cc1c(N2C[C@H]3[C@H]4CC[C@H](C4)[C@H]3S2(=O)=O)ccc(C#N)c1Cl. The number of sulfonamides is 1. The number of fused-ring (bicyclic) bond motifs is 5. The van der Waals surface area contributed by atoms with Gasteiger partial charge in [-0.15, -0.1) is 0 Å². The van der Waals surface area contributed by atoms with Gasteiger partial charge in [0.15, 0.2) is 0 Å². The third-order valence-electron chi connectivity index (χ3n) is 5.78. The van der Waals surface area contributed by atoms with Crippen LogP contribution in [-0.2, 0) is 10.0 Å². The molecule has 0 aromatic heterocycles. The number of hydrogen-bond acceptors (Lipinski definition) is 3. The largest absolute Gasteiger partial charge is 0.269 e. The maximum Gasteiger partial charge on any atom is 0.238 e. The molecule has 0 unspecified atom stereocenters. The highest BCUT2D eigenvalue weighted by Gasteiger charge is 2.59. The van der Waals surface area contributed by atoms with Crippen molar-refractivity contribution < 1.29 is 8.42 Å². The molecule has 4 rings (SSSR count). The van der Waals surface area contributed by atoms with Crippen LogP contribution >= 0.6 is 11.6 Å². The van der Waals surface area contributed by atoms with Crippen LogP contribution in [0.15, 0.2) is 12.1 Å². The third kappa shape index (κ3) is 1.71. The lowest BCUT2D eigenvalue weighted by Gasteiger charge is -2.23. The molecule has 1 aromatic carbocycles. The first kappa shape index (κ1) is 14.3. The number of benzene rings is 1. The maximum atomic E-state index is 13.0. The van der Waals surface area contributed by atoms with Gasteiger partial charge in [-0.3, -0.25) is 4.31 Å². The van der Waals surface area contributed by atoms with Gasteiger partial charge < -0.3 is 0 Å². The third-order valence-corrected chi connectivity index (χ3v) is 8.65. The molecule has 4 atom stereocenters. The van der Waals surface area contributed by atoms with Gasteiger partial charge in [0.2, 0.25) is 10.0 Å². The van der Waals surface area contributed by atoms with Crippen molar-refractivity contribution in [2.45, 2.75) is 31.4 Å². The summed E-state index contributed by atoms with van der Waals surface area (Å²) in [5.41, 5.74) is 1.70. The Labute approximate surface area is 135 Å². The first-order valence-electron chi connectivity index (χ1n) is 7.66. The molecule has 1 heterocycles. The minimum absolute atomic E-state index is 0.208. The summed E-state index contributed by atoms with van der Waals surface area (Å²) in [6, 6.07) is 5.38. The lowest BCUT2D eigenvalue weighted by molar-refractivity contribution is 0.362. The summed E-state index contributed by atoms with van der Waals surface area (Å²) in [5, 5.41) is 9.19. The first-order chi connectivity index (χ1) is 10.4. The van der Waals surface area contributed by atoms with Crippen LogP contribution in [0.25, 0.3) is 0 Å². The highest BCUT2D eigenvalue weighted by Crippen LogP contribution is 2.56. The summed E-state index contributed by atoms with van der Waals surface area (Å²) in [6.45, 7) is 2.36. The quantitative estimate of drug-likeness (QED) is 0.791. The van der Waals surface area contributed by atoms with Gasteiger partial charge in [0.25, 0.3) is 0 Å².